The van der Waals surface area contributed by atoms with Gasteiger partial charge in [-0.05, 0) is 66.5 Å². The van der Waals surface area contributed by atoms with Crippen molar-refractivity contribution in [2.75, 3.05) is 6.79 Å². The summed E-state index contributed by atoms with van der Waals surface area (Å²) in [6.45, 7) is 0.230. The third-order valence-electron chi connectivity index (χ3n) is 7.54. The van der Waals surface area contributed by atoms with Crippen LogP contribution in [0.1, 0.15) is 48.5 Å². The van der Waals surface area contributed by atoms with Crippen LogP contribution in [0.2, 0.25) is 0 Å². The quantitative estimate of drug-likeness (QED) is 0.476. The molecule has 33 heavy (non-hydrogen) atoms. The highest BCUT2D eigenvalue weighted by Crippen LogP contribution is 2.47. The highest BCUT2D eigenvalue weighted by Gasteiger charge is 2.52. The van der Waals surface area contributed by atoms with Crippen molar-refractivity contribution in [3.63, 3.8) is 0 Å². The Morgan fingerprint density at radius 2 is 1.88 bits per heavy atom. The van der Waals surface area contributed by atoms with E-state index in [4.69, 9.17) is 21.7 Å². The summed E-state index contributed by atoms with van der Waals surface area (Å²) in [5, 5.41) is 1.81. The molecule has 7 rings (SSSR count). The molecule has 2 unspecified atom stereocenters. The molecule has 1 saturated carbocycles. The SMILES string of the molecule is O=C1C2Cc3c([nH]c4ccc(Br)cc34)C(c3ccc4c(c3)OCO4)N2C(=S)N1C1CCCC1. The van der Waals surface area contributed by atoms with Crippen LogP contribution in [0.25, 0.3) is 10.9 Å². The second-order valence-corrected chi connectivity index (χ2v) is 10.6. The van der Waals surface area contributed by atoms with Crippen LogP contribution in [-0.2, 0) is 11.2 Å². The highest BCUT2D eigenvalue weighted by molar-refractivity contribution is 9.10. The minimum absolute atomic E-state index is 0.146. The van der Waals surface area contributed by atoms with Crippen LogP contribution >= 0.6 is 28.1 Å². The van der Waals surface area contributed by atoms with Gasteiger partial charge in [0, 0.05) is 33.5 Å². The molecule has 1 aromatic heterocycles. The Morgan fingerprint density at radius 3 is 2.73 bits per heavy atom. The van der Waals surface area contributed by atoms with E-state index in [2.05, 4.69) is 44.0 Å². The van der Waals surface area contributed by atoms with Crippen molar-refractivity contribution in [3.8, 4) is 11.5 Å². The maximum absolute atomic E-state index is 13.8. The molecule has 1 aliphatic carbocycles. The van der Waals surface area contributed by atoms with Crippen molar-refractivity contribution in [1.82, 2.24) is 14.8 Å². The van der Waals surface area contributed by atoms with E-state index in [1.54, 1.807) is 0 Å². The number of rotatable bonds is 2. The molecule has 3 aliphatic heterocycles. The molecular formula is C25H22BrN3O3S. The maximum Gasteiger partial charge on any atom is 0.252 e. The summed E-state index contributed by atoms with van der Waals surface area (Å²) in [6.07, 6.45) is 5.02. The predicted octanol–water partition coefficient (Wildman–Crippen LogP) is 5.04. The largest absolute Gasteiger partial charge is 0.454 e. The Morgan fingerprint density at radius 1 is 1.06 bits per heavy atom. The number of H-pyrrole nitrogens is 1. The minimum atomic E-state index is -0.293. The number of hydrogen-bond acceptors (Lipinski definition) is 4. The topological polar surface area (TPSA) is 57.8 Å². The normalized spacial score (nSPS) is 24.2. The fraction of sp³-hybridized carbons (Fsp3) is 0.360. The van der Waals surface area contributed by atoms with Crippen molar-refractivity contribution >= 4 is 50.1 Å². The monoisotopic (exact) mass is 523 g/mol. The van der Waals surface area contributed by atoms with E-state index >= 15 is 0 Å². The molecule has 4 heterocycles. The second-order valence-electron chi connectivity index (χ2n) is 9.28. The number of aromatic amines is 1. The standard InChI is InChI=1S/C25H22BrN3O3S/c26-14-6-7-18-16(10-14)17-11-19-24(30)28(15-3-1-2-4-15)25(33)29(19)23(22(17)27-18)13-5-8-20-21(9-13)32-12-31-20/h5-10,15,19,23,27H,1-4,11-12H2. The predicted molar refractivity (Wildman–Crippen MR) is 131 cm³/mol. The lowest BCUT2D eigenvalue weighted by molar-refractivity contribution is -0.129. The van der Waals surface area contributed by atoms with E-state index < -0.39 is 0 Å². The van der Waals surface area contributed by atoms with E-state index in [0.29, 0.717) is 11.5 Å². The molecule has 1 saturated heterocycles. The number of nitrogens with one attached hydrogen (secondary N) is 1. The van der Waals surface area contributed by atoms with Crippen LogP contribution in [-0.4, -0.2) is 44.7 Å². The lowest BCUT2D eigenvalue weighted by atomic mass is 9.88. The van der Waals surface area contributed by atoms with Crippen molar-refractivity contribution in [2.45, 2.75) is 50.2 Å². The molecular weight excluding hydrogens is 502 g/mol. The van der Waals surface area contributed by atoms with Gasteiger partial charge in [0.05, 0.1) is 6.04 Å². The zero-order valence-electron chi connectivity index (χ0n) is 17.8. The van der Waals surface area contributed by atoms with Gasteiger partial charge >= 0.3 is 0 Å². The van der Waals surface area contributed by atoms with Gasteiger partial charge < -0.3 is 19.4 Å². The van der Waals surface area contributed by atoms with Crippen molar-refractivity contribution < 1.29 is 14.3 Å². The first kappa shape index (κ1) is 19.9. The van der Waals surface area contributed by atoms with Crippen LogP contribution < -0.4 is 9.47 Å². The molecule has 3 aromatic rings. The van der Waals surface area contributed by atoms with Crippen LogP contribution in [0, 0.1) is 0 Å². The summed E-state index contributed by atoms with van der Waals surface area (Å²) < 4.78 is 12.3. The van der Waals surface area contributed by atoms with Gasteiger partial charge in [0.15, 0.2) is 16.6 Å². The summed E-state index contributed by atoms with van der Waals surface area (Å²) in [7, 11) is 0. The number of nitrogens with zero attached hydrogens (tertiary/aromatic N) is 2. The Hall–Kier alpha value is -2.58. The molecule has 0 spiro atoms. The van der Waals surface area contributed by atoms with Crippen LogP contribution in [0.3, 0.4) is 0 Å². The molecule has 0 radical (unpaired) electrons. The summed E-state index contributed by atoms with van der Waals surface area (Å²) in [6, 6.07) is 12.1. The highest BCUT2D eigenvalue weighted by atomic mass is 79.9. The summed E-state index contributed by atoms with van der Waals surface area (Å²) >= 11 is 9.63. The minimum Gasteiger partial charge on any atom is -0.454 e. The lowest BCUT2D eigenvalue weighted by Crippen LogP contribution is -2.44. The number of carbonyl (C=O) groups is 1. The van der Waals surface area contributed by atoms with Gasteiger partial charge in [-0.25, -0.2) is 0 Å². The first-order valence-corrected chi connectivity index (χ1v) is 12.6. The third kappa shape index (κ3) is 2.83. The molecule has 8 heteroatoms. The summed E-state index contributed by atoms with van der Waals surface area (Å²) in [4.78, 5) is 21.5. The lowest BCUT2D eigenvalue weighted by Gasteiger charge is -2.37. The summed E-state index contributed by atoms with van der Waals surface area (Å²) in [5.74, 6) is 1.63. The number of ether oxygens (including phenoxy) is 2. The van der Waals surface area contributed by atoms with Crippen LogP contribution in [0.4, 0.5) is 0 Å². The van der Waals surface area contributed by atoms with Gasteiger partial charge in [-0.15, -0.1) is 0 Å². The van der Waals surface area contributed by atoms with Gasteiger partial charge in [-0.2, -0.15) is 0 Å². The smallest absolute Gasteiger partial charge is 0.252 e. The van der Waals surface area contributed by atoms with Gasteiger partial charge in [-0.1, -0.05) is 34.8 Å². The third-order valence-corrected chi connectivity index (χ3v) is 8.44. The molecule has 168 valence electrons. The number of carbonyl (C=O) groups excluding carboxylic acids is 1. The first-order valence-electron chi connectivity index (χ1n) is 11.4. The fourth-order valence-electron chi connectivity index (χ4n) is 6.04. The number of benzene rings is 2. The fourth-order valence-corrected chi connectivity index (χ4v) is 6.88. The Bertz CT molecular complexity index is 1330. The van der Waals surface area contributed by atoms with Gasteiger partial charge in [-0.3, -0.25) is 9.69 Å². The van der Waals surface area contributed by atoms with Crippen LogP contribution in [0.15, 0.2) is 40.9 Å². The molecule has 1 amide bonds. The van der Waals surface area contributed by atoms with Gasteiger partial charge in [0.1, 0.15) is 6.04 Å². The zero-order valence-corrected chi connectivity index (χ0v) is 20.2. The molecule has 4 aliphatic rings. The zero-order chi connectivity index (χ0) is 22.3. The van der Waals surface area contributed by atoms with E-state index in [1.807, 2.05) is 23.1 Å². The van der Waals surface area contributed by atoms with Crippen LogP contribution in [0.5, 0.6) is 11.5 Å². The number of hydrogen-bond donors (Lipinski definition) is 1. The van der Waals surface area contributed by atoms with Crippen molar-refractivity contribution in [3.05, 3.63) is 57.7 Å². The van der Waals surface area contributed by atoms with Crippen molar-refractivity contribution in [2.24, 2.45) is 0 Å². The van der Waals surface area contributed by atoms with E-state index in [9.17, 15) is 4.79 Å². The van der Waals surface area contributed by atoms with E-state index in [-0.39, 0.29) is 30.8 Å². The Kier molecular flexibility index (Phi) is 4.34. The first-order chi connectivity index (χ1) is 16.1. The second kappa shape index (κ2) is 7.21. The number of halogens is 1. The maximum atomic E-state index is 13.8. The molecule has 6 nitrogen and oxygen atoms in total. The Labute approximate surface area is 205 Å². The van der Waals surface area contributed by atoms with Crippen molar-refractivity contribution in [1.29, 1.82) is 0 Å². The Balaban J connectivity index is 1.42. The molecule has 1 N–H and O–H groups in total. The summed E-state index contributed by atoms with van der Waals surface area (Å²) in [5.41, 5.74) is 4.40. The average Bonchev–Trinajstić information content (AvgIpc) is 3.59. The van der Waals surface area contributed by atoms with Gasteiger partial charge in [0.25, 0.3) is 5.91 Å². The molecule has 2 fully saturated rings. The molecule has 2 atom stereocenters. The average molecular weight is 524 g/mol. The van der Waals surface area contributed by atoms with Gasteiger partial charge in [0.2, 0.25) is 6.79 Å². The number of aromatic nitrogens is 1. The van der Waals surface area contributed by atoms with E-state index in [0.717, 1.165) is 63.8 Å². The number of amides is 1. The number of fused-ring (bicyclic) bond motifs is 5. The number of thiocarbonyl (C=S) groups is 1. The molecule has 0 bridgehead atoms. The molecule has 2 aromatic carbocycles. The van der Waals surface area contributed by atoms with E-state index in [1.165, 1.54) is 5.56 Å².